The number of ether oxygens (including phenoxy) is 2. The molecule has 0 saturated heterocycles. The Morgan fingerprint density at radius 1 is 0.952 bits per heavy atom. The van der Waals surface area contributed by atoms with Crippen LogP contribution in [0.3, 0.4) is 0 Å². The third-order valence-corrected chi connectivity index (χ3v) is 3.12. The SMILES string of the molecule is CCCCC(Oc1ccc(N)cc1)Oc1ccccc1N. The highest BCUT2D eigenvalue weighted by atomic mass is 16.7. The van der Waals surface area contributed by atoms with Gasteiger partial charge in [0.05, 0.1) is 5.69 Å². The third-order valence-electron chi connectivity index (χ3n) is 3.12. The van der Waals surface area contributed by atoms with Gasteiger partial charge in [0.2, 0.25) is 6.29 Å². The molecular weight excluding hydrogens is 264 g/mol. The smallest absolute Gasteiger partial charge is 0.241 e. The molecule has 0 aliphatic carbocycles. The van der Waals surface area contributed by atoms with Crippen LogP contribution in [0.15, 0.2) is 48.5 Å². The normalized spacial score (nSPS) is 11.9. The van der Waals surface area contributed by atoms with E-state index in [-0.39, 0.29) is 6.29 Å². The minimum Gasteiger partial charge on any atom is -0.455 e. The highest BCUT2D eigenvalue weighted by molar-refractivity contribution is 5.51. The van der Waals surface area contributed by atoms with Gasteiger partial charge in [-0.15, -0.1) is 0 Å². The molecule has 21 heavy (non-hydrogen) atoms. The van der Waals surface area contributed by atoms with Crippen LogP contribution in [0.25, 0.3) is 0 Å². The number of unbranched alkanes of at least 4 members (excludes halogenated alkanes) is 1. The fourth-order valence-corrected chi connectivity index (χ4v) is 1.94. The number of benzene rings is 2. The van der Waals surface area contributed by atoms with Gasteiger partial charge < -0.3 is 20.9 Å². The van der Waals surface area contributed by atoms with Crippen molar-refractivity contribution in [3.05, 3.63) is 48.5 Å². The first-order chi connectivity index (χ1) is 10.2. The maximum absolute atomic E-state index is 5.91. The van der Waals surface area contributed by atoms with E-state index in [1.54, 1.807) is 0 Å². The summed E-state index contributed by atoms with van der Waals surface area (Å²) in [7, 11) is 0. The zero-order chi connectivity index (χ0) is 15.1. The van der Waals surface area contributed by atoms with Crippen LogP contribution in [0.1, 0.15) is 26.2 Å². The molecule has 2 aromatic rings. The summed E-state index contributed by atoms with van der Waals surface area (Å²) in [4.78, 5) is 0. The Hall–Kier alpha value is -2.36. The first-order valence-corrected chi connectivity index (χ1v) is 7.22. The van der Waals surface area contributed by atoms with Crippen molar-refractivity contribution in [1.29, 1.82) is 0 Å². The lowest BCUT2D eigenvalue weighted by Crippen LogP contribution is -2.24. The van der Waals surface area contributed by atoms with Crippen LogP contribution in [-0.4, -0.2) is 6.29 Å². The molecule has 0 fully saturated rings. The second-order valence-electron chi connectivity index (χ2n) is 4.91. The summed E-state index contributed by atoms with van der Waals surface area (Å²) in [6.07, 6.45) is 2.54. The number of rotatable bonds is 7. The minimum atomic E-state index is -0.363. The second-order valence-corrected chi connectivity index (χ2v) is 4.91. The van der Waals surface area contributed by atoms with Crippen molar-refractivity contribution in [2.24, 2.45) is 0 Å². The van der Waals surface area contributed by atoms with Crippen molar-refractivity contribution in [3.63, 3.8) is 0 Å². The molecule has 0 spiro atoms. The summed E-state index contributed by atoms with van der Waals surface area (Å²) < 4.78 is 11.8. The fourth-order valence-electron chi connectivity index (χ4n) is 1.94. The van der Waals surface area contributed by atoms with Gasteiger partial charge in [0.1, 0.15) is 11.5 Å². The van der Waals surface area contributed by atoms with Crippen molar-refractivity contribution in [2.45, 2.75) is 32.5 Å². The first kappa shape index (κ1) is 15.0. The average Bonchev–Trinajstić information content (AvgIpc) is 2.49. The lowest BCUT2D eigenvalue weighted by atomic mass is 10.2. The van der Waals surface area contributed by atoms with Crippen molar-refractivity contribution in [1.82, 2.24) is 0 Å². The summed E-state index contributed by atoms with van der Waals surface area (Å²) >= 11 is 0. The summed E-state index contributed by atoms with van der Waals surface area (Å²) in [5, 5.41) is 0. The minimum absolute atomic E-state index is 0.363. The second kappa shape index (κ2) is 7.43. The van der Waals surface area contributed by atoms with Gasteiger partial charge in [-0.05, 0) is 42.8 Å². The van der Waals surface area contributed by atoms with Gasteiger partial charge in [-0.2, -0.15) is 0 Å². The molecule has 4 heteroatoms. The van der Waals surface area contributed by atoms with Gasteiger partial charge >= 0.3 is 0 Å². The summed E-state index contributed by atoms with van der Waals surface area (Å²) in [5.74, 6) is 1.38. The van der Waals surface area contributed by atoms with Crippen LogP contribution in [0.4, 0.5) is 11.4 Å². The van der Waals surface area contributed by atoms with Gasteiger partial charge in [-0.1, -0.05) is 25.5 Å². The monoisotopic (exact) mass is 286 g/mol. The topological polar surface area (TPSA) is 70.5 Å². The molecule has 0 aromatic heterocycles. The first-order valence-electron chi connectivity index (χ1n) is 7.22. The molecular formula is C17H22N2O2. The van der Waals surface area contributed by atoms with E-state index >= 15 is 0 Å². The van der Waals surface area contributed by atoms with Crippen LogP contribution in [0.5, 0.6) is 11.5 Å². The molecule has 0 aliphatic heterocycles. The van der Waals surface area contributed by atoms with Gasteiger partial charge in [-0.25, -0.2) is 0 Å². The number of nitrogen functional groups attached to an aromatic ring is 2. The van der Waals surface area contributed by atoms with E-state index in [9.17, 15) is 0 Å². The Morgan fingerprint density at radius 2 is 1.67 bits per heavy atom. The molecule has 0 heterocycles. The van der Waals surface area contributed by atoms with E-state index in [0.29, 0.717) is 17.1 Å². The quantitative estimate of drug-likeness (QED) is 0.599. The van der Waals surface area contributed by atoms with Crippen molar-refractivity contribution in [3.8, 4) is 11.5 Å². The lowest BCUT2D eigenvalue weighted by molar-refractivity contribution is -0.00154. The Morgan fingerprint density at radius 3 is 2.33 bits per heavy atom. The largest absolute Gasteiger partial charge is 0.455 e. The number of anilines is 2. The van der Waals surface area contributed by atoms with Crippen LogP contribution in [0, 0.1) is 0 Å². The highest BCUT2D eigenvalue weighted by Crippen LogP contribution is 2.24. The van der Waals surface area contributed by atoms with Crippen molar-refractivity contribution >= 4 is 11.4 Å². The molecule has 1 atom stereocenters. The molecule has 1 unspecified atom stereocenters. The summed E-state index contributed by atoms with van der Waals surface area (Å²) in [5.41, 5.74) is 12.9. The summed E-state index contributed by atoms with van der Waals surface area (Å²) in [6, 6.07) is 14.7. The predicted octanol–water partition coefficient (Wildman–Crippen LogP) is 3.83. The molecule has 2 rings (SSSR count). The van der Waals surface area contributed by atoms with E-state index < -0.39 is 0 Å². The number of para-hydroxylation sites is 2. The number of hydrogen-bond donors (Lipinski definition) is 2. The Bertz CT molecular complexity index is 555. The molecule has 0 bridgehead atoms. The zero-order valence-electron chi connectivity index (χ0n) is 12.3. The third kappa shape index (κ3) is 4.60. The fraction of sp³-hybridized carbons (Fsp3) is 0.294. The van der Waals surface area contributed by atoms with Gasteiger partial charge in [-0.3, -0.25) is 0 Å². The average molecular weight is 286 g/mol. The van der Waals surface area contributed by atoms with E-state index in [4.69, 9.17) is 20.9 Å². The molecule has 0 radical (unpaired) electrons. The maximum atomic E-state index is 5.91. The molecule has 0 saturated carbocycles. The predicted molar refractivity (Wildman–Crippen MR) is 86.3 cm³/mol. The maximum Gasteiger partial charge on any atom is 0.241 e. The Labute approximate surface area is 125 Å². The van der Waals surface area contributed by atoms with Crippen LogP contribution in [0.2, 0.25) is 0 Å². The van der Waals surface area contributed by atoms with Crippen LogP contribution < -0.4 is 20.9 Å². The van der Waals surface area contributed by atoms with Gasteiger partial charge in [0.15, 0.2) is 0 Å². The molecule has 2 aromatic carbocycles. The van der Waals surface area contributed by atoms with E-state index in [2.05, 4.69) is 6.92 Å². The molecule has 4 nitrogen and oxygen atoms in total. The number of hydrogen-bond acceptors (Lipinski definition) is 4. The highest BCUT2D eigenvalue weighted by Gasteiger charge is 2.13. The van der Waals surface area contributed by atoms with Crippen molar-refractivity contribution < 1.29 is 9.47 Å². The molecule has 112 valence electrons. The summed E-state index contributed by atoms with van der Waals surface area (Å²) in [6.45, 7) is 2.14. The Kier molecular flexibility index (Phi) is 5.32. The van der Waals surface area contributed by atoms with E-state index in [1.165, 1.54) is 0 Å². The van der Waals surface area contributed by atoms with E-state index in [0.717, 1.165) is 25.0 Å². The van der Waals surface area contributed by atoms with Gasteiger partial charge in [0, 0.05) is 12.1 Å². The zero-order valence-corrected chi connectivity index (χ0v) is 12.3. The Balaban J connectivity index is 2.07. The van der Waals surface area contributed by atoms with E-state index in [1.807, 2.05) is 48.5 Å². The standard InChI is InChI=1S/C17H22N2O2/c1-2-3-8-17(20-14-11-9-13(18)10-12-14)21-16-7-5-4-6-15(16)19/h4-7,9-12,17H,2-3,8,18-19H2,1H3. The van der Waals surface area contributed by atoms with Gasteiger partial charge in [0.25, 0.3) is 0 Å². The molecule has 4 N–H and O–H groups in total. The molecule has 0 aliphatic rings. The van der Waals surface area contributed by atoms with Crippen LogP contribution >= 0.6 is 0 Å². The number of nitrogens with two attached hydrogens (primary N) is 2. The van der Waals surface area contributed by atoms with Crippen LogP contribution in [-0.2, 0) is 0 Å². The molecule has 0 amide bonds. The van der Waals surface area contributed by atoms with Crippen molar-refractivity contribution in [2.75, 3.05) is 11.5 Å². The lowest BCUT2D eigenvalue weighted by Gasteiger charge is -2.21.